The zero-order valence-corrected chi connectivity index (χ0v) is 20.6. The Morgan fingerprint density at radius 2 is 1.56 bits per heavy atom. The number of aromatic nitrogens is 2. The highest BCUT2D eigenvalue weighted by Crippen LogP contribution is 2.29. The maximum absolute atomic E-state index is 13.4. The molecular formula is C27H33N5O2. The van der Waals surface area contributed by atoms with Crippen LogP contribution in [-0.4, -0.2) is 52.9 Å². The van der Waals surface area contributed by atoms with Gasteiger partial charge >= 0.3 is 0 Å². The van der Waals surface area contributed by atoms with E-state index < -0.39 is 11.5 Å². The minimum atomic E-state index is -0.669. The topological polar surface area (TPSA) is 79.3 Å². The van der Waals surface area contributed by atoms with E-state index in [1.807, 2.05) is 46.0 Å². The van der Waals surface area contributed by atoms with E-state index in [0.29, 0.717) is 12.2 Å². The Morgan fingerprint density at radius 1 is 0.941 bits per heavy atom. The van der Waals surface area contributed by atoms with Crippen LogP contribution in [0.15, 0.2) is 54.6 Å². The highest BCUT2D eigenvalue weighted by molar-refractivity contribution is 5.98. The Labute approximate surface area is 201 Å². The summed E-state index contributed by atoms with van der Waals surface area (Å²) in [7, 11) is 3.62. The van der Waals surface area contributed by atoms with Crippen LogP contribution < -0.4 is 10.6 Å². The minimum Gasteiger partial charge on any atom is -0.357 e. The van der Waals surface area contributed by atoms with Gasteiger partial charge in [0.2, 0.25) is 5.91 Å². The number of hydrogen-bond acceptors (Lipinski definition) is 4. The number of rotatable bonds is 5. The first kappa shape index (κ1) is 23.7. The number of carbonyl (C=O) groups excluding carboxylic acids is 2. The quantitative estimate of drug-likeness (QED) is 0.612. The van der Waals surface area contributed by atoms with Crippen molar-refractivity contribution in [1.29, 1.82) is 0 Å². The van der Waals surface area contributed by atoms with E-state index >= 15 is 0 Å². The highest BCUT2D eigenvalue weighted by Gasteiger charge is 2.35. The van der Waals surface area contributed by atoms with Crippen LogP contribution in [0.1, 0.15) is 37.0 Å². The standard InChI is InChI=1S/C27H33N5O2/c1-27(2,3)23(26(34)28-4)30-25(33)22-21-17-31(5)15-16-32(21)24(29-22)20-13-11-19(12-14-20)18-9-7-6-8-10-18/h6-14,23H,15-17H2,1-5H3,(H,28,34)(H,30,33)/t23-/m1/s1. The molecule has 0 bridgehead atoms. The van der Waals surface area contributed by atoms with Crippen molar-refractivity contribution < 1.29 is 9.59 Å². The molecule has 0 saturated carbocycles. The summed E-state index contributed by atoms with van der Waals surface area (Å²) in [5.41, 5.74) is 4.06. The fourth-order valence-corrected chi connectivity index (χ4v) is 4.36. The van der Waals surface area contributed by atoms with Gasteiger partial charge in [0.15, 0.2) is 5.69 Å². The molecule has 0 spiro atoms. The summed E-state index contributed by atoms with van der Waals surface area (Å²) in [5, 5.41) is 5.60. The molecule has 2 heterocycles. The molecule has 0 aliphatic carbocycles. The number of carbonyl (C=O) groups is 2. The largest absolute Gasteiger partial charge is 0.357 e. The van der Waals surface area contributed by atoms with Gasteiger partial charge in [-0.15, -0.1) is 0 Å². The number of likely N-dealkylation sites (N-methyl/N-ethyl adjacent to an activating group) is 2. The van der Waals surface area contributed by atoms with Gasteiger partial charge in [-0.2, -0.15) is 0 Å². The van der Waals surface area contributed by atoms with Gasteiger partial charge in [0.25, 0.3) is 5.91 Å². The van der Waals surface area contributed by atoms with Crippen LogP contribution in [0.25, 0.3) is 22.5 Å². The molecule has 7 nitrogen and oxygen atoms in total. The number of nitrogens with one attached hydrogen (secondary N) is 2. The maximum Gasteiger partial charge on any atom is 0.272 e. The number of amides is 2. The molecule has 4 rings (SSSR count). The molecule has 2 amide bonds. The molecule has 3 aromatic rings. The second-order valence-electron chi connectivity index (χ2n) is 9.95. The molecule has 178 valence electrons. The number of imidazole rings is 1. The van der Waals surface area contributed by atoms with Gasteiger partial charge in [-0.25, -0.2) is 4.98 Å². The number of nitrogens with zero attached hydrogens (tertiary/aromatic N) is 3. The molecule has 2 aromatic carbocycles. The lowest BCUT2D eigenvalue weighted by Crippen LogP contribution is -2.53. The van der Waals surface area contributed by atoms with E-state index in [4.69, 9.17) is 4.98 Å². The normalized spacial score (nSPS) is 14.9. The van der Waals surface area contributed by atoms with E-state index in [1.54, 1.807) is 7.05 Å². The Bertz CT molecular complexity index is 1180. The Morgan fingerprint density at radius 3 is 2.18 bits per heavy atom. The zero-order chi connectivity index (χ0) is 24.5. The third-order valence-electron chi connectivity index (χ3n) is 6.31. The van der Waals surface area contributed by atoms with Crippen molar-refractivity contribution in [1.82, 2.24) is 25.1 Å². The molecule has 7 heteroatoms. The lowest BCUT2D eigenvalue weighted by atomic mass is 9.86. The summed E-state index contributed by atoms with van der Waals surface area (Å²) < 4.78 is 2.14. The molecule has 0 unspecified atom stereocenters. The van der Waals surface area contributed by atoms with Crippen molar-refractivity contribution in [2.75, 3.05) is 20.6 Å². The van der Waals surface area contributed by atoms with Crippen LogP contribution in [0.3, 0.4) is 0 Å². The third kappa shape index (κ3) is 4.75. The molecule has 1 aliphatic rings. The molecule has 1 atom stereocenters. The summed E-state index contributed by atoms with van der Waals surface area (Å²) in [6.07, 6.45) is 0. The average molecular weight is 460 g/mol. The first-order chi connectivity index (χ1) is 16.2. The molecule has 1 aromatic heterocycles. The van der Waals surface area contributed by atoms with E-state index in [-0.39, 0.29) is 11.8 Å². The smallest absolute Gasteiger partial charge is 0.272 e. The number of hydrogen-bond donors (Lipinski definition) is 2. The summed E-state index contributed by atoms with van der Waals surface area (Å²) in [6, 6.07) is 17.8. The fraction of sp³-hybridized carbons (Fsp3) is 0.370. The van der Waals surface area contributed by atoms with Crippen molar-refractivity contribution in [3.63, 3.8) is 0 Å². The van der Waals surface area contributed by atoms with Crippen LogP contribution in [0.2, 0.25) is 0 Å². The van der Waals surface area contributed by atoms with Crippen molar-refractivity contribution in [3.05, 3.63) is 66.0 Å². The van der Waals surface area contributed by atoms with Crippen LogP contribution in [-0.2, 0) is 17.9 Å². The second-order valence-corrected chi connectivity index (χ2v) is 9.95. The lowest BCUT2D eigenvalue weighted by Gasteiger charge is -2.30. The molecule has 34 heavy (non-hydrogen) atoms. The van der Waals surface area contributed by atoms with Crippen LogP contribution in [0.5, 0.6) is 0 Å². The van der Waals surface area contributed by atoms with Gasteiger partial charge in [-0.3, -0.25) is 14.5 Å². The Balaban J connectivity index is 1.70. The van der Waals surface area contributed by atoms with Crippen LogP contribution in [0.4, 0.5) is 0 Å². The predicted molar refractivity (Wildman–Crippen MR) is 134 cm³/mol. The summed E-state index contributed by atoms with van der Waals surface area (Å²) in [5.74, 6) is 0.234. The molecular weight excluding hydrogens is 426 g/mol. The maximum atomic E-state index is 13.4. The molecule has 0 radical (unpaired) electrons. The van der Waals surface area contributed by atoms with Crippen molar-refractivity contribution in [2.45, 2.75) is 39.9 Å². The lowest BCUT2D eigenvalue weighted by molar-refractivity contribution is -0.124. The third-order valence-corrected chi connectivity index (χ3v) is 6.31. The Hall–Kier alpha value is -3.45. The van der Waals surface area contributed by atoms with Gasteiger partial charge in [0, 0.05) is 32.2 Å². The second kappa shape index (κ2) is 9.43. The van der Waals surface area contributed by atoms with E-state index in [0.717, 1.165) is 41.3 Å². The van der Waals surface area contributed by atoms with E-state index in [9.17, 15) is 9.59 Å². The summed E-state index contributed by atoms with van der Waals surface area (Å²) >= 11 is 0. The van der Waals surface area contributed by atoms with Crippen molar-refractivity contribution in [2.24, 2.45) is 5.41 Å². The molecule has 1 aliphatic heterocycles. The summed E-state index contributed by atoms with van der Waals surface area (Å²) in [4.78, 5) is 32.9. The van der Waals surface area contributed by atoms with E-state index in [2.05, 4.69) is 56.5 Å². The number of fused-ring (bicyclic) bond motifs is 1. The van der Waals surface area contributed by atoms with Gasteiger partial charge in [0.05, 0.1) is 5.69 Å². The molecule has 0 fully saturated rings. The highest BCUT2D eigenvalue weighted by atomic mass is 16.2. The summed E-state index contributed by atoms with van der Waals surface area (Å²) in [6.45, 7) is 8.05. The molecule has 0 saturated heterocycles. The first-order valence-corrected chi connectivity index (χ1v) is 11.7. The number of benzene rings is 2. The average Bonchev–Trinajstić information content (AvgIpc) is 3.20. The fourth-order valence-electron chi connectivity index (χ4n) is 4.36. The predicted octanol–water partition coefficient (Wildman–Crippen LogP) is 3.55. The Kier molecular flexibility index (Phi) is 6.57. The van der Waals surface area contributed by atoms with Crippen molar-refractivity contribution in [3.8, 4) is 22.5 Å². The van der Waals surface area contributed by atoms with Crippen LogP contribution >= 0.6 is 0 Å². The minimum absolute atomic E-state index is 0.220. The monoisotopic (exact) mass is 459 g/mol. The molecule has 2 N–H and O–H groups in total. The van der Waals surface area contributed by atoms with Gasteiger partial charge in [-0.1, -0.05) is 75.4 Å². The van der Waals surface area contributed by atoms with Crippen LogP contribution in [0, 0.1) is 5.41 Å². The SMILES string of the molecule is CNC(=O)[C@@H](NC(=O)c1nc(-c2ccc(-c3ccccc3)cc2)n2c1CN(C)CC2)C(C)(C)C. The zero-order valence-electron chi connectivity index (χ0n) is 20.6. The van der Waals surface area contributed by atoms with Gasteiger partial charge < -0.3 is 15.2 Å². The first-order valence-electron chi connectivity index (χ1n) is 11.7. The van der Waals surface area contributed by atoms with Crippen molar-refractivity contribution >= 4 is 11.8 Å². The van der Waals surface area contributed by atoms with E-state index in [1.165, 1.54) is 0 Å². The van der Waals surface area contributed by atoms with Gasteiger partial charge in [0.1, 0.15) is 11.9 Å². The van der Waals surface area contributed by atoms with Gasteiger partial charge in [-0.05, 0) is 23.6 Å².